The summed E-state index contributed by atoms with van der Waals surface area (Å²) in [5.74, 6) is -5.86. The highest BCUT2D eigenvalue weighted by molar-refractivity contribution is 5.94. The first kappa shape index (κ1) is 34.0. The van der Waals surface area contributed by atoms with Gasteiger partial charge in [0.1, 0.15) is 18.1 Å². The van der Waals surface area contributed by atoms with Gasteiger partial charge in [0, 0.05) is 19.4 Å². The number of hydrogen-bond acceptors (Lipinski definition) is 8. The summed E-state index contributed by atoms with van der Waals surface area (Å²) in [6, 6.07) is -5.00. The Balaban J connectivity index is 5.53. The van der Waals surface area contributed by atoms with Crippen LogP contribution in [0.1, 0.15) is 58.8 Å². The van der Waals surface area contributed by atoms with E-state index in [1.165, 1.54) is 0 Å². The first-order valence-electron chi connectivity index (χ1n) is 12.1. The quantitative estimate of drug-likeness (QED) is 0.0450. The average Bonchev–Trinajstić information content (AvgIpc) is 2.80. The normalized spacial score (nSPS) is 13.9. The van der Waals surface area contributed by atoms with Crippen LogP contribution >= 0.6 is 0 Å². The van der Waals surface area contributed by atoms with Crippen LogP contribution in [0.15, 0.2) is 4.99 Å². The van der Waals surface area contributed by atoms with Crippen LogP contribution in [0.4, 0.5) is 0 Å². The number of primary amides is 1. The molecule has 4 amide bonds. The third-order valence-corrected chi connectivity index (χ3v) is 5.22. The molecule has 13 N–H and O–H groups in total. The molecule has 0 rings (SSSR count). The summed E-state index contributed by atoms with van der Waals surface area (Å²) in [5.41, 5.74) is 21.3. The third kappa shape index (κ3) is 15.2. The lowest BCUT2D eigenvalue weighted by molar-refractivity contribution is -0.142. The number of nitrogens with zero attached hydrogens (tertiary/aromatic N) is 1. The van der Waals surface area contributed by atoms with Crippen LogP contribution in [0.25, 0.3) is 0 Å². The van der Waals surface area contributed by atoms with Gasteiger partial charge >= 0.3 is 11.9 Å². The first-order chi connectivity index (χ1) is 17.6. The third-order valence-electron chi connectivity index (χ3n) is 5.22. The van der Waals surface area contributed by atoms with E-state index >= 15 is 0 Å². The van der Waals surface area contributed by atoms with Gasteiger partial charge in [0.25, 0.3) is 0 Å². The molecular formula is C22H40N8O8. The molecule has 4 atom stereocenters. The summed E-state index contributed by atoms with van der Waals surface area (Å²) in [4.78, 5) is 75.8. The van der Waals surface area contributed by atoms with Crippen LogP contribution in [-0.4, -0.2) is 82.5 Å². The number of amides is 4. The Morgan fingerprint density at radius 3 is 1.82 bits per heavy atom. The fraction of sp³-hybridized carbons (Fsp3) is 0.682. The summed E-state index contributed by atoms with van der Waals surface area (Å²) in [6.45, 7) is 3.72. The fourth-order valence-electron chi connectivity index (χ4n) is 3.25. The van der Waals surface area contributed by atoms with Gasteiger partial charge in [0.05, 0.1) is 6.04 Å². The molecule has 0 radical (unpaired) electrons. The highest BCUT2D eigenvalue weighted by Crippen LogP contribution is 2.09. The highest BCUT2D eigenvalue weighted by Gasteiger charge is 2.31. The highest BCUT2D eigenvalue weighted by atomic mass is 16.4. The molecule has 0 aliphatic rings. The largest absolute Gasteiger partial charge is 0.481 e. The number of aliphatic carboxylic acids is 2. The minimum Gasteiger partial charge on any atom is -0.481 e. The molecule has 0 aromatic carbocycles. The number of hydrogen-bond donors (Lipinski definition) is 9. The standard InChI is InChI=1S/C22H40N8O8/c1-11(2)10-15(20(36)29-14(21(37)38)4-3-9-27-22(25)26)30-19(35)13(6-7-16(24)31)28-18(34)12(23)5-8-17(32)33/h11-15H,3-10,23H2,1-2H3,(H2,24,31)(H,28,34)(H,29,36)(H,30,35)(H,32,33)(H,37,38)(H4,25,26,27). The Kier molecular flexibility index (Phi) is 15.7. The Morgan fingerprint density at radius 1 is 0.763 bits per heavy atom. The van der Waals surface area contributed by atoms with E-state index in [-0.39, 0.29) is 63.4 Å². The number of guanidine groups is 1. The Bertz CT molecular complexity index is 875. The van der Waals surface area contributed by atoms with Crippen molar-refractivity contribution in [3.05, 3.63) is 0 Å². The van der Waals surface area contributed by atoms with Crippen molar-refractivity contribution in [2.45, 2.75) is 83.0 Å². The zero-order chi connectivity index (χ0) is 29.4. The lowest BCUT2D eigenvalue weighted by atomic mass is 10.0. The number of rotatable bonds is 19. The van der Waals surface area contributed by atoms with Crippen molar-refractivity contribution in [1.82, 2.24) is 16.0 Å². The molecule has 0 aromatic rings. The van der Waals surface area contributed by atoms with Gasteiger partial charge in [0.2, 0.25) is 23.6 Å². The second-order valence-corrected chi connectivity index (χ2v) is 9.14. The molecule has 0 saturated carbocycles. The zero-order valence-electron chi connectivity index (χ0n) is 21.6. The fourth-order valence-corrected chi connectivity index (χ4v) is 3.25. The topological polar surface area (TPSA) is 295 Å². The van der Waals surface area contributed by atoms with E-state index in [0.29, 0.717) is 0 Å². The van der Waals surface area contributed by atoms with Crippen LogP contribution in [0.5, 0.6) is 0 Å². The van der Waals surface area contributed by atoms with Crippen molar-refractivity contribution < 1.29 is 39.0 Å². The average molecular weight is 545 g/mol. The lowest BCUT2D eigenvalue weighted by Gasteiger charge is -2.26. The molecule has 16 heteroatoms. The number of carboxylic acids is 2. The molecule has 0 aliphatic heterocycles. The van der Waals surface area contributed by atoms with Crippen molar-refractivity contribution >= 4 is 41.5 Å². The van der Waals surface area contributed by atoms with E-state index < -0.39 is 59.7 Å². The van der Waals surface area contributed by atoms with Crippen LogP contribution in [0.2, 0.25) is 0 Å². The van der Waals surface area contributed by atoms with Crippen molar-refractivity contribution in [1.29, 1.82) is 0 Å². The Labute approximate surface area is 220 Å². The second kappa shape index (κ2) is 17.5. The molecule has 0 heterocycles. The van der Waals surface area contributed by atoms with Crippen molar-refractivity contribution in [2.24, 2.45) is 33.8 Å². The summed E-state index contributed by atoms with van der Waals surface area (Å²) in [6.07, 6.45) is -0.640. The van der Waals surface area contributed by atoms with Crippen molar-refractivity contribution in [3.8, 4) is 0 Å². The molecule has 0 spiro atoms. The van der Waals surface area contributed by atoms with Gasteiger partial charge in [0.15, 0.2) is 5.96 Å². The van der Waals surface area contributed by atoms with E-state index in [1.54, 1.807) is 13.8 Å². The maximum atomic E-state index is 13.0. The number of carbonyl (C=O) groups is 6. The summed E-state index contributed by atoms with van der Waals surface area (Å²) < 4.78 is 0. The zero-order valence-corrected chi connectivity index (χ0v) is 21.6. The van der Waals surface area contributed by atoms with E-state index in [2.05, 4.69) is 20.9 Å². The summed E-state index contributed by atoms with van der Waals surface area (Å²) in [7, 11) is 0. The van der Waals surface area contributed by atoms with Crippen LogP contribution in [-0.2, 0) is 28.8 Å². The monoisotopic (exact) mass is 544 g/mol. The van der Waals surface area contributed by atoms with Gasteiger partial charge in [-0.2, -0.15) is 0 Å². The van der Waals surface area contributed by atoms with Crippen LogP contribution < -0.4 is 38.9 Å². The number of carboxylic acid groups (broad SMARTS) is 2. The number of carbonyl (C=O) groups excluding carboxylic acids is 4. The maximum Gasteiger partial charge on any atom is 0.326 e. The van der Waals surface area contributed by atoms with Gasteiger partial charge in [-0.1, -0.05) is 13.8 Å². The Morgan fingerprint density at radius 2 is 1.32 bits per heavy atom. The van der Waals surface area contributed by atoms with Crippen molar-refractivity contribution in [2.75, 3.05) is 6.54 Å². The number of nitrogens with two attached hydrogens (primary N) is 4. The molecule has 0 saturated heterocycles. The van der Waals surface area contributed by atoms with Gasteiger partial charge in [-0.05, 0) is 38.0 Å². The van der Waals surface area contributed by atoms with Crippen LogP contribution in [0, 0.1) is 5.92 Å². The molecule has 0 fully saturated rings. The van der Waals surface area contributed by atoms with E-state index in [1.807, 2.05) is 0 Å². The minimum absolute atomic E-state index is 0.0196. The predicted molar refractivity (Wildman–Crippen MR) is 136 cm³/mol. The van der Waals surface area contributed by atoms with Gasteiger partial charge in [-0.25, -0.2) is 4.79 Å². The smallest absolute Gasteiger partial charge is 0.326 e. The number of nitrogens with one attached hydrogen (secondary N) is 3. The molecule has 216 valence electrons. The van der Waals surface area contributed by atoms with E-state index in [4.69, 9.17) is 28.0 Å². The summed E-state index contributed by atoms with van der Waals surface area (Å²) >= 11 is 0. The molecular weight excluding hydrogens is 504 g/mol. The van der Waals surface area contributed by atoms with E-state index in [9.17, 15) is 33.9 Å². The number of aliphatic imine (C=N–C) groups is 1. The Hall–Kier alpha value is -3.95. The molecule has 38 heavy (non-hydrogen) atoms. The summed E-state index contributed by atoms with van der Waals surface area (Å²) in [5, 5.41) is 25.5. The van der Waals surface area contributed by atoms with Gasteiger partial charge in [-0.15, -0.1) is 0 Å². The first-order valence-corrected chi connectivity index (χ1v) is 12.1. The van der Waals surface area contributed by atoms with Gasteiger partial charge in [-0.3, -0.25) is 29.0 Å². The molecule has 4 unspecified atom stereocenters. The SMILES string of the molecule is CC(C)CC(NC(=O)C(CCC(N)=O)NC(=O)C(N)CCC(=O)O)C(=O)NC(CCCN=C(N)N)C(=O)O. The van der Waals surface area contributed by atoms with Gasteiger partial charge < -0.3 is 49.1 Å². The van der Waals surface area contributed by atoms with Crippen molar-refractivity contribution in [3.63, 3.8) is 0 Å². The molecule has 16 nitrogen and oxygen atoms in total. The molecule has 0 aliphatic carbocycles. The molecule has 0 bridgehead atoms. The minimum atomic E-state index is -1.32. The second-order valence-electron chi connectivity index (χ2n) is 9.14. The predicted octanol–water partition coefficient (Wildman–Crippen LogP) is -2.92. The lowest BCUT2D eigenvalue weighted by Crippen LogP contribution is -2.57. The molecule has 0 aromatic heterocycles. The maximum absolute atomic E-state index is 13.0. The van der Waals surface area contributed by atoms with Crippen LogP contribution in [0.3, 0.4) is 0 Å². The van der Waals surface area contributed by atoms with E-state index in [0.717, 1.165) is 0 Å².